The van der Waals surface area contributed by atoms with Crippen LogP contribution in [-0.4, -0.2) is 24.8 Å². The van der Waals surface area contributed by atoms with Crippen molar-refractivity contribution in [1.82, 2.24) is 0 Å². The molecule has 0 unspecified atom stereocenters. The number of fused-ring (bicyclic) bond motifs is 1. The summed E-state index contributed by atoms with van der Waals surface area (Å²) < 4.78 is 28.3. The zero-order valence-corrected chi connectivity index (χ0v) is 12.7. The number of anilines is 1. The lowest BCUT2D eigenvalue weighted by Gasteiger charge is -2.13. The minimum Gasteiger partial charge on any atom is -0.454 e. The lowest BCUT2D eigenvalue weighted by Crippen LogP contribution is -2.30. The molecule has 0 aliphatic carbocycles. The Labute approximate surface area is 137 Å². The highest BCUT2D eigenvalue weighted by atomic mass is 19.1. The van der Waals surface area contributed by atoms with Crippen molar-refractivity contribution in [2.24, 2.45) is 0 Å². The van der Waals surface area contributed by atoms with Crippen molar-refractivity contribution in [3.05, 3.63) is 53.8 Å². The lowest BCUT2D eigenvalue weighted by atomic mass is 10.2. The topological polar surface area (TPSA) is 73.9 Å². The van der Waals surface area contributed by atoms with E-state index in [0.717, 1.165) is 12.1 Å². The second kappa shape index (κ2) is 6.57. The van der Waals surface area contributed by atoms with E-state index in [1.807, 2.05) is 0 Å². The van der Waals surface area contributed by atoms with Crippen molar-refractivity contribution in [2.75, 3.05) is 12.1 Å². The summed E-state index contributed by atoms with van der Waals surface area (Å²) in [6, 6.07) is 9.82. The number of rotatable bonds is 4. The number of esters is 1. The van der Waals surface area contributed by atoms with E-state index in [2.05, 4.69) is 5.32 Å². The van der Waals surface area contributed by atoms with Crippen molar-refractivity contribution in [3.63, 3.8) is 0 Å². The minimum atomic E-state index is -1.02. The van der Waals surface area contributed by atoms with Crippen LogP contribution >= 0.6 is 0 Å². The molecule has 0 saturated heterocycles. The van der Waals surface area contributed by atoms with Gasteiger partial charge in [-0.25, -0.2) is 9.18 Å². The third-order valence-electron chi connectivity index (χ3n) is 3.37. The van der Waals surface area contributed by atoms with Crippen LogP contribution in [-0.2, 0) is 9.53 Å². The van der Waals surface area contributed by atoms with Gasteiger partial charge in [0.05, 0.1) is 5.56 Å². The van der Waals surface area contributed by atoms with Gasteiger partial charge in [0.15, 0.2) is 17.6 Å². The summed E-state index contributed by atoms with van der Waals surface area (Å²) in [5.74, 6) is -0.527. The number of nitrogens with one attached hydrogen (secondary N) is 1. The number of hydrogen-bond acceptors (Lipinski definition) is 5. The number of carbonyl (C=O) groups excluding carboxylic acids is 2. The lowest BCUT2D eigenvalue weighted by molar-refractivity contribution is -0.123. The minimum absolute atomic E-state index is 0.137. The number of halogens is 1. The summed E-state index contributed by atoms with van der Waals surface area (Å²) >= 11 is 0. The molecule has 1 aliphatic rings. The van der Waals surface area contributed by atoms with Crippen LogP contribution in [0.4, 0.5) is 10.1 Å². The first-order valence-corrected chi connectivity index (χ1v) is 7.20. The Morgan fingerprint density at radius 3 is 2.58 bits per heavy atom. The van der Waals surface area contributed by atoms with Gasteiger partial charge in [0.2, 0.25) is 6.79 Å². The summed E-state index contributed by atoms with van der Waals surface area (Å²) in [5, 5.41) is 2.63. The van der Waals surface area contributed by atoms with Crippen LogP contribution in [0.5, 0.6) is 11.5 Å². The van der Waals surface area contributed by atoms with Crippen molar-refractivity contribution < 1.29 is 28.2 Å². The standard InChI is InChI=1S/C17H14FNO5/c1-10(24-17(21)11-2-4-12(18)5-3-11)16(20)19-13-6-7-14-15(8-13)23-9-22-14/h2-8,10H,9H2,1H3,(H,19,20)/t10-/m0/s1. The van der Waals surface area contributed by atoms with Gasteiger partial charge in [-0.2, -0.15) is 0 Å². The van der Waals surface area contributed by atoms with E-state index in [1.54, 1.807) is 18.2 Å². The monoisotopic (exact) mass is 331 g/mol. The molecule has 1 aliphatic heterocycles. The van der Waals surface area contributed by atoms with E-state index < -0.39 is 23.8 Å². The maximum absolute atomic E-state index is 12.8. The molecule has 0 saturated carbocycles. The fraction of sp³-hybridized carbons (Fsp3) is 0.176. The van der Waals surface area contributed by atoms with Crippen LogP contribution in [0.2, 0.25) is 0 Å². The van der Waals surface area contributed by atoms with Crippen LogP contribution < -0.4 is 14.8 Å². The highest BCUT2D eigenvalue weighted by Gasteiger charge is 2.20. The largest absolute Gasteiger partial charge is 0.454 e. The van der Waals surface area contributed by atoms with Gasteiger partial charge >= 0.3 is 5.97 Å². The van der Waals surface area contributed by atoms with E-state index in [9.17, 15) is 14.0 Å². The predicted molar refractivity (Wildman–Crippen MR) is 82.5 cm³/mol. The van der Waals surface area contributed by atoms with Gasteiger partial charge in [-0.1, -0.05) is 0 Å². The number of ether oxygens (including phenoxy) is 3. The van der Waals surface area contributed by atoms with Gasteiger partial charge < -0.3 is 19.5 Å². The molecule has 124 valence electrons. The van der Waals surface area contributed by atoms with Crippen LogP contribution in [0.3, 0.4) is 0 Å². The van der Waals surface area contributed by atoms with E-state index >= 15 is 0 Å². The molecule has 24 heavy (non-hydrogen) atoms. The van der Waals surface area contributed by atoms with Gasteiger partial charge in [0.1, 0.15) is 5.82 Å². The Bertz CT molecular complexity index is 775. The molecule has 1 atom stereocenters. The molecule has 1 heterocycles. The maximum atomic E-state index is 12.8. The molecule has 0 aromatic heterocycles. The maximum Gasteiger partial charge on any atom is 0.338 e. The van der Waals surface area contributed by atoms with Crippen LogP contribution in [0, 0.1) is 5.82 Å². The van der Waals surface area contributed by atoms with Gasteiger partial charge in [-0.05, 0) is 43.3 Å². The fourth-order valence-corrected chi connectivity index (χ4v) is 2.09. The van der Waals surface area contributed by atoms with Crippen molar-refractivity contribution >= 4 is 17.6 Å². The van der Waals surface area contributed by atoms with E-state index in [1.165, 1.54) is 19.1 Å². The molecule has 3 rings (SSSR count). The van der Waals surface area contributed by atoms with Gasteiger partial charge in [0.25, 0.3) is 5.91 Å². The fourth-order valence-electron chi connectivity index (χ4n) is 2.09. The summed E-state index contributed by atoms with van der Waals surface area (Å²) in [7, 11) is 0. The second-order valence-corrected chi connectivity index (χ2v) is 5.11. The first-order chi connectivity index (χ1) is 11.5. The number of benzene rings is 2. The third kappa shape index (κ3) is 3.45. The zero-order valence-electron chi connectivity index (χ0n) is 12.7. The van der Waals surface area contributed by atoms with Gasteiger partial charge in [0, 0.05) is 11.8 Å². The molecule has 1 N–H and O–H groups in total. The average Bonchev–Trinajstić information content (AvgIpc) is 3.03. The van der Waals surface area contributed by atoms with Crippen LogP contribution in [0.1, 0.15) is 17.3 Å². The van der Waals surface area contributed by atoms with Crippen LogP contribution in [0.25, 0.3) is 0 Å². The Kier molecular flexibility index (Phi) is 4.33. The first-order valence-electron chi connectivity index (χ1n) is 7.20. The smallest absolute Gasteiger partial charge is 0.338 e. The molecule has 6 nitrogen and oxygen atoms in total. The van der Waals surface area contributed by atoms with E-state index in [4.69, 9.17) is 14.2 Å². The average molecular weight is 331 g/mol. The Morgan fingerprint density at radius 1 is 1.12 bits per heavy atom. The van der Waals surface area contributed by atoms with E-state index in [-0.39, 0.29) is 12.4 Å². The molecule has 7 heteroatoms. The zero-order chi connectivity index (χ0) is 17.1. The molecule has 0 fully saturated rings. The predicted octanol–water partition coefficient (Wildman–Crippen LogP) is 2.74. The highest BCUT2D eigenvalue weighted by Crippen LogP contribution is 2.34. The van der Waals surface area contributed by atoms with E-state index in [0.29, 0.717) is 17.2 Å². The van der Waals surface area contributed by atoms with Gasteiger partial charge in [-0.15, -0.1) is 0 Å². The Balaban J connectivity index is 1.60. The molecule has 1 amide bonds. The second-order valence-electron chi connectivity index (χ2n) is 5.11. The summed E-state index contributed by atoms with van der Waals surface area (Å²) in [6.45, 7) is 1.59. The normalized spacial score (nSPS) is 13.2. The molecule has 0 spiro atoms. The molecular formula is C17H14FNO5. The van der Waals surface area contributed by atoms with Gasteiger partial charge in [-0.3, -0.25) is 4.79 Å². The van der Waals surface area contributed by atoms with Crippen LogP contribution in [0.15, 0.2) is 42.5 Å². The Morgan fingerprint density at radius 2 is 1.83 bits per heavy atom. The Hall–Kier alpha value is -3.09. The molecule has 2 aromatic carbocycles. The first kappa shape index (κ1) is 15.8. The number of hydrogen-bond donors (Lipinski definition) is 1. The molecule has 0 radical (unpaired) electrons. The van der Waals surface area contributed by atoms with Crippen molar-refractivity contribution in [1.29, 1.82) is 0 Å². The summed E-state index contributed by atoms with van der Waals surface area (Å²) in [4.78, 5) is 24.0. The quantitative estimate of drug-likeness (QED) is 0.872. The third-order valence-corrected chi connectivity index (χ3v) is 3.37. The van der Waals surface area contributed by atoms with Crippen molar-refractivity contribution in [3.8, 4) is 11.5 Å². The van der Waals surface area contributed by atoms with Crippen molar-refractivity contribution in [2.45, 2.75) is 13.0 Å². The molecule has 0 bridgehead atoms. The highest BCUT2D eigenvalue weighted by molar-refractivity contribution is 5.97. The molecular weight excluding hydrogens is 317 g/mol. The number of amides is 1. The molecule has 2 aromatic rings. The summed E-state index contributed by atoms with van der Waals surface area (Å²) in [6.07, 6.45) is -1.02. The number of carbonyl (C=O) groups is 2. The summed E-state index contributed by atoms with van der Waals surface area (Å²) in [5.41, 5.74) is 0.660. The SMILES string of the molecule is C[C@H](OC(=O)c1ccc(F)cc1)C(=O)Nc1ccc2c(c1)OCO2.